The molecule has 3 heterocycles. The van der Waals surface area contributed by atoms with Gasteiger partial charge in [0, 0.05) is 31.2 Å². The SMILES string of the molecule is Cc1cc(CC(C)Nc2cncc(C(=O)N3CCCC3)n2)n[nH]1. The van der Waals surface area contributed by atoms with Crippen LogP contribution < -0.4 is 5.32 Å². The average Bonchev–Trinajstić information content (AvgIpc) is 3.18. The highest BCUT2D eigenvalue weighted by atomic mass is 16.2. The molecule has 0 bridgehead atoms. The van der Waals surface area contributed by atoms with Gasteiger partial charge in [0.25, 0.3) is 5.91 Å². The Labute approximate surface area is 135 Å². The molecule has 1 amide bonds. The lowest BCUT2D eigenvalue weighted by atomic mass is 10.2. The number of anilines is 1. The Morgan fingerprint density at radius 1 is 1.39 bits per heavy atom. The summed E-state index contributed by atoms with van der Waals surface area (Å²) in [7, 11) is 0. The van der Waals surface area contributed by atoms with E-state index in [0.29, 0.717) is 11.5 Å². The van der Waals surface area contributed by atoms with Crippen molar-refractivity contribution in [3.05, 3.63) is 35.5 Å². The number of hydrogen-bond donors (Lipinski definition) is 2. The number of carbonyl (C=O) groups is 1. The molecule has 2 N–H and O–H groups in total. The first kappa shape index (κ1) is 15.5. The van der Waals surface area contributed by atoms with E-state index >= 15 is 0 Å². The van der Waals surface area contributed by atoms with E-state index in [9.17, 15) is 4.79 Å². The molecule has 122 valence electrons. The van der Waals surface area contributed by atoms with E-state index in [1.807, 2.05) is 17.9 Å². The molecule has 7 heteroatoms. The number of likely N-dealkylation sites (tertiary alicyclic amines) is 1. The largest absolute Gasteiger partial charge is 0.366 e. The van der Waals surface area contributed by atoms with Gasteiger partial charge in [0.1, 0.15) is 11.5 Å². The van der Waals surface area contributed by atoms with Crippen LogP contribution in [0.5, 0.6) is 0 Å². The Balaban J connectivity index is 1.63. The Bertz CT molecular complexity index is 677. The molecule has 23 heavy (non-hydrogen) atoms. The number of carbonyl (C=O) groups excluding carboxylic acids is 1. The monoisotopic (exact) mass is 314 g/mol. The molecule has 0 saturated carbocycles. The van der Waals surface area contributed by atoms with Crippen molar-refractivity contribution in [3.63, 3.8) is 0 Å². The van der Waals surface area contributed by atoms with E-state index in [-0.39, 0.29) is 11.9 Å². The van der Waals surface area contributed by atoms with Crippen LogP contribution in [0.4, 0.5) is 5.82 Å². The molecule has 1 saturated heterocycles. The number of H-pyrrole nitrogens is 1. The van der Waals surface area contributed by atoms with Crippen LogP contribution in [0.1, 0.15) is 41.6 Å². The van der Waals surface area contributed by atoms with Crippen molar-refractivity contribution in [2.45, 2.75) is 39.2 Å². The van der Waals surface area contributed by atoms with Gasteiger partial charge in [0.15, 0.2) is 0 Å². The molecule has 7 nitrogen and oxygen atoms in total. The van der Waals surface area contributed by atoms with Crippen LogP contribution in [0.25, 0.3) is 0 Å². The number of nitrogens with one attached hydrogen (secondary N) is 2. The molecule has 0 spiro atoms. The molecule has 1 fully saturated rings. The maximum Gasteiger partial charge on any atom is 0.274 e. The summed E-state index contributed by atoms with van der Waals surface area (Å²) < 4.78 is 0. The molecule has 1 atom stereocenters. The lowest BCUT2D eigenvalue weighted by molar-refractivity contribution is 0.0786. The smallest absolute Gasteiger partial charge is 0.274 e. The van der Waals surface area contributed by atoms with Crippen molar-refractivity contribution < 1.29 is 4.79 Å². The first-order valence-corrected chi connectivity index (χ1v) is 8.00. The summed E-state index contributed by atoms with van der Waals surface area (Å²) in [5.41, 5.74) is 2.45. The van der Waals surface area contributed by atoms with E-state index in [2.05, 4.69) is 32.4 Å². The summed E-state index contributed by atoms with van der Waals surface area (Å²) in [6.07, 6.45) is 6.09. The van der Waals surface area contributed by atoms with Crippen molar-refractivity contribution in [3.8, 4) is 0 Å². The highest BCUT2D eigenvalue weighted by Gasteiger charge is 2.21. The maximum absolute atomic E-state index is 12.4. The van der Waals surface area contributed by atoms with Gasteiger partial charge < -0.3 is 10.2 Å². The minimum Gasteiger partial charge on any atom is -0.366 e. The first-order chi connectivity index (χ1) is 11.1. The molecular formula is C16H22N6O. The maximum atomic E-state index is 12.4. The van der Waals surface area contributed by atoms with Gasteiger partial charge in [0.05, 0.1) is 18.1 Å². The molecule has 0 radical (unpaired) electrons. The predicted octanol–water partition coefficient (Wildman–Crippen LogP) is 1.79. The van der Waals surface area contributed by atoms with Crippen LogP contribution >= 0.6 is 0 Å². The van der Waals surface area contributed by atoms with Crippen molar-refractivity contribution in [2.75, 3.05) is 18.4 Å². The van der Waals surface area contributed by atoms with Gasteiger partial charge in [-0.3, -0.25) is 14.9 Å². The van der Waals surface area contributed by atoms with Gasteiger partial charge in [-0.1, -0.05) is 0 Å². The fraction of sp³-hybridized carbons (Fsp3) is 0.500. The highest BCUT2D eigenvalue weighted by molar-refractivity contribution is 5.92. The van der Waals surface area contributed by atoms with Crippen LogP contribution in [-0.2, 0) is 6.42 Å². The van der Waals surface area contributed by atoms with Crippen LogP contribution in [0.15, 0.2) is 18.5 Å². The number of aryl methyl sites for hydroxylation is 1. The quantitative estimate of drug-likeness (QED) is 0.878. The summed E-state index contributed by atoms with van der Waals surface area (Å²) in [4.78, 5) is 22.8. The third-order valence-electron chi connectivity index (χ3n) is 3.92. The van der Waals surface area contributed by atoms with Crippen molar-refractivity contribution in [1.29, 1.82) is 0 Å². The summed E-state index contributed by atoms with van der Waals surface area (Å²) in [6.45, 7) is 5.66. The van der Waals surface area contributed by atoms with Crippen LogP contribution in [0.2, 0.25) is 0 Å². The summed E-state index contributed by atoms with van der Waals surface area (Å²) in [5.74, 6) is 0.587. The number of hydrogen-bond acceptors (Lipinski definition) is 5. The van der Waals surface area contributed by atoms with E-state index in [1.165, 1.54) is 6.20 Å². The minimum absolute atomic E-state index is 0.0331. The standard InChI is InChI=1S/C16H22N6O/c1-11(7-13-8-12(2)20-21-13)18-15-10-17-9-14(19-15)16(23)22-5-3-4-6-22/h8-11H,3-7H2,1-2H3,(H,18,19)(H,20,21). The Morgan fingerprint density at radius 2 is 2.17 bits per heavy atom. The Morgan fingerprint density at radius 3 is 2.87 bits per heavy atom. The van der Waals surface area contributed by atoms with Gasteiger partial charge in [-0.25, -0.2) is 4.98 Å². The zero-order valence-electron chi connectivity index (χ0n) is 13.5. The van der Waals surface area contributed by atoms with Crippen LogP contribution in [0.3, 0.4) is 0 Å². The van der Waals surface area contributed by atoms with Gasteiger partial charge >= 0.3 is 0 Å². The number of amides is 1. The van der Waals surface area contributed by atoms with Crippen molar-refractivity contribution >= 4 is 11.7 Å². The third kappa shape index (κ3) is 3.85. The number of aromatic amines is 1. The lowest BCUT2D eigenvalue weighted by Crippen LogP contribution is -2.29. The predicted molar refractivity (Wildman–Crippen MR) is 87.3 cm³/mol. The van der Waals surface area contributed by atoms with Crippen LogP contribution in [-0.4, -0.2) is 50.1 Å². The number of rotatable bonds is 5. The molecule has 0 aromatic carbocycles. The third-order valence-corrected chi connectivity index (χ3v) is 3.92. The zero-order chi connectivity index (χ0) is 16.2. The van der Waals surface area contributed by atoms with Gasteiger partial charge in [-0.2, -0.15) is 5.10 Å². The van der Waals surface area contributed by atoms with Gasteiger partial charge in [0.2, 0.25) is 0 Å². The topological polar surface area (TPSA) is 86.8 Å². The molecule has 2 aromatic heterocycles. The Kier molecular flexibility index (Phi) is 4.55. The molecule has 1 aliphatic rings. The van der Waals surface area contributed by atoms with Crippen LogP contribution in [0, 0.1) is 6.92 Å². The molecule has 1 unspecified atom stereocenters. The Hall–Kier alpha value is -2.44. The molecule has 1 aliphatic heterocycles. The van der Waals surface area contributed by atoms with E-state index in [4.69, 9.17) is 0 Å². The first-order valence-electron chi connectivity index (χ1n) is 8.00. The van der Waals surface area contributed by atoms with Gasteiger partial charge in [-0.15, -0.1) is 0 Å². The minimum atomic E-state index is -0.0331. The van der Waals surface area contributed by atoms with Crippen molar-refractivity contribution in [1.82, 2.24) is 25.1 Å². The normalized spacial score (nSPS) is 15.7. The second-order valence-electron chi connectivity index (χ2n) is 6.08. The summed E-state index contributed by atoms with van der Waals surface area (Å²) >= 11 is 0. The average molecular weight is 314 g/mol. The van der Waals surface area contributed by atoms with Crippen molar-refractivity contribution in [2.24, 2.45) is 0 Å². The fourth-order valence-corrected chi connectivity index (χ4v) is 2.82. The molecule has 2 aromatic rings. The number of aromatic nitrogens is 4. The zero-order valence-corrected chi connectivity index (χ0v) is 13.5. The molecule has 3 rings (SSSR count). The van der Waals surface area contributed by atoms with Gasteiger partial charge in [-0.05, 0) is 32.8 Å². The molecular weight excluding hydrogens is 292 g/mol. The summed E-state index contributed by atoms with van der Waals surface area (Å²) in [5, 5.41) is 10.5. The number of nitrogens with zero attached hydrogens (tertiary/aromatic N) is 4. The lowest BCUT2D eigenvalue weighted by Gasteiger charge is -2.16. The van der Waals surface area contributed by atoms with E-state index < -0.39 is 0 Å². The second kappa shape index (κ2) is 6.76. The molecule has 0 aliphatic carbocycles. The highest BCUT2D eigenvalue weighted by Crippen LogP contribution is 2.13. The fourth-order valence-electron chi connectivity index (χ4n) is 2.82. The van der Waals surface area contributed by atoms with E-state index in [1.54, 1.807) is 6.20 Å². The summed E-state index contributed by atoms with van der Waals surface area (Å²) in [6, 6.07) is 2.17. The van der Waals surface area contributed by atoms with E-state index in [0.717, 1.165) is 43.7 Å². The second-order valence-corrected chi connectivity index (χ2v) is 6.08.